The summed E-state index contributed by atoms with van der Waals surface area (Å²) < 4.78 is 0. The number of likely N-dealkylation sites (tertiary alicyclic amines) is 1. The summed E-state index contributed by atoms with van der Waals surface area (Å²) in [6.07, 6.45) is 0. The highest BCUT2D eigenvalue weighted by atomic mass is 15.3. The molecule has 1 aromatic heterocycles. The minimum Gasteiger partial charge on any atom is -0.354 e. The second kappa shape index (κ2) is 5.11. The predicted octanol–water partition coefficient (Wildman–Crippen LogP) is 2.14. The van der Waals surface area contributed by atoms with Gasteiger partial charge in [-0.3, -0.25) is 0 Å². The Hall–Kier alpha value is -1.94. The third-order valence-corrected chi connectivity index (χ3v) is 4.71. The first kappa shape index (κ1) is 12.8. The van der Waals surface area contributed by atoms with Gasteiger partial charge in [0.05, 0.1) is 5.69 Å². The molecule has 2 aliphatic heterocycles. The molecule has 21 heavy (non-hydrogen) atoms. The number of hydrogen-bond acceptors (Lipinski definition) is 4. The lowest BCUT2D eigenvalue weighted by Crippen LogP contribution is -2.27. The second-order valence-corrected chi connectivity index (χ2v) is 6.29. The van der Waals surface area contributed by atoms with Crippen molar-refractivity contribution in [1.29, 1.82) is 0 Å². The summed E-state index contributed by atoms with van der Waals surface area (Å²) in [5, 5.41) is 8.85. The summed E-state index contributed by atoms with van der Waals surface area (Å²) in [4.78, 5) is 4.83. The molecule has 0 saturated carbocycles. The quantitative estimate of drug-likeness (QED) is 0.843. The van der Waals surface area contributed by atoms with Crippen LogP contribution in [0.25, 0.3) is 11.3 Å². The molecule has 0 N–H and O–H groups in total. The SMILES string of the molecule is CN1C[C@H]2CN(c3ccc(-c4ccccc4)nn3)C[C@@H]2C1. The van der Waals surface area contributed by atoms with Gasteiger partial charge in [0.15, 0.2) is 5.82 Å². The summed E-state index contributed by atoms with van der Waals surface area (Å²) in [5.41, 5.74) is 2.06. The van der Waals surface area contributed by atoms with E-state index in [-0.39, 0.29) is 0 Å². The maximum atomic E-state index is 4.45. The van der Waals surface area contributed by atoms with Crippen LogP contribution in [0.15, 0.2) is 42.5 Å². The van der Waals surface area contributed by atoms with E-state index in [1.165, 1.54) is 13.1 Å². The molecule has 108 valence electrons. The zero-order valence-electron chi connectivity index (χ0n) is 12.3. The molecule has 2 atom stereocenters. The van der Waals surface area contributed by atoms with E-state index in [4.69, 9.17) is 0 Å². The Morgan fingerprint density at radius 3 is 2.19 bits per heavy atom. The van der Waals surface area contributed by atoms with Gasteiger partial charge in [-0.15, -0.1) is 10.2 Å². The lowest BCUT2D eigenvalue weighted by Gasteiger charge is -2.19. The van der Waals surface area contributed by atoms with E-state index >= 15 is 0 Å². The normalized spacial score (nSPS) is 25.3. The number of nitrogens with zero attached hydrogens (tertiary/aromatic N) is 4. The molecular formula is C17H20N4. The van der Waals surface area contributed by atoms with Crippen LogP contribution in [0.2, 0.25) is 0 Å². The van der Waals surface area contributed by atoms with Crippen molar-refractivity contribution in [3.05, 3.63) is 42.5 Å². The number of benzene rings is 1. The molecule has 1 aromatic carbocycles. The summed E-state index contributed by atoms with van der Waals surface area (Å²) >= 11 is 0. The Labute approximate surface area is 125 Å². The average molecular weight is 280 g/mol. The van der Waals surface area contributed by atoms with Crippen LogP contribution in [0.4, 0.5) is 5.82 Å². The molecule has 0 spiro atoms. The van der Waals surface area contributed by atoms with Crippen molar-refractivity contribution in [2.75, 3.05) is 38.1 Å². The number of hydrogen-bond donors (Lipinski definition) is 0. The number of aromatic nitrogens is 2. The first-order chi connectivity index (χ1) is 10.3. The van der Waals surface area contributed by atoms with Crippen molar-refractivity contribution in [3.8, 4) is 11.3 Å². The fraction of sp³-hybridized carbons (Fsp3) is 0.412. The van der Waals surface area contributed by atoms with Crippen LogP contribution >= 0.6 is 0 Å². The van der Waals surface area contributed by atoms with E-state index in [0.29, 0.717) is 0 Å². The predicted molar refractivity (Wildman–Crippen MR) is 84.2 cm³/mol. The molecule has 0 radical (unpaired) electrons. The minimum absolute atomic E-state index is 0.797. The molecule has 2 aliphatic rings. The summed E-state index contributed by atoms with van der Waals surface area (Å²) in [6, 6.07) is 14.4. The monoisotopic (exact) mass is 280 g/mol. The molecule has 2 aromatic rings. The van der Waals surface area contributed by atoms with Crippen LogP contribution in [0.5, 0.6) is 0 Å². The zero-order valence-corrected chi connectivity index (χ0v) is 12.3. The van der Waals surface area contributed by atoms with Gasteiger partial charge in [-0.25, -0.2) is 0 Å². The first-order valence-electron chi connectivity index (χ1n) is 7.62. The fourth-order valence-electron chi connectivity index (χ4n) is 3.67. The van der Waals surface area contributed by atoms with Gasteiger partial charge in [0.1, 0.15) is 0 Å². The Bertz CT molecular complexity index is 596. The molecule has 4 rings (SSSR count). The molecule has 4 nitrogen and oxygen atoms in total. The maximum absolute atomic E-state index is 4.45. The third-order valence-electron chi connectivity index (χ3n) is 4.71. The minimum atomic E-state index is 0.797. The van der Waals surface area contributed by atoms with E-state index in [2.05, 4.69) is 51.3 Å². The fourth-order valence-corrected chi connectivity index (χ4v) is 3.67. The highest BCUT2D eigenvalue weighted by molar-refractivity contribution is 5.59. The zero-order chi connectivity index (χ0) is 14.2. The number of rotatable bonds is 2. The molecule has 0 unspecified atom stereocenters. The molecule has 0 aliphatic carbocycles. The van der Waals surface area contributed by atoms with Crippen LogP contribution in [-0.4, -0.2) is 48.3 Å². The van der Waals surface area contributed by atoms with Crippen molar-refractivity contribution in [1.82, 2.24) is 15.1 Å². The van der Waals surface area contributed by atoms with Gasteiger partial charge in [-0.1, -0.05) is 30.3 Å². The van der Waals surface area contributed by atoms with Gasteiger partial charge in [0.2, 0.25) is 0 Å². The molecule has 2 fully saturated rings. The van der Waals surface area contributed by atoms with Crippen molar-refractivity contribution in [3.63, 3.8) is 0 Å². The average Bonchev–Trinajstić information content (AvgIpc) is 3.06. The molecular weight excluding hydrogens is 260 g/mol. The summed E-state index contributed by atoms with van der Waals surface area (Å²) in [5.74, 6) is 2.61. The van der Waals surface area contributed by atoms with Crippen molar-refractivity contribution in [2.45, 2.75) is 0 Å². The van der Waals surface area contributed by atoms with Gasteiger partial charge in [0, 0.05) is 31.7 Å². The van der Waals surface area contributed by atoms with E-state index in [1.807, 2.05) is 18.2 Å². The molecule has 0 amide bonds. The van der Waals surface area contributed by atoms with Crippen molar-refractivity contribution >= 4 is 5.82 Å². The van der Waals surface area contributed by atoms with Crippen molar-refractivity contribution in [2.24, 2.45) is 11.8 Å². The van der Waals surface area contributed by atoms with Crippen LogP contribution in [-0.2, 0) is 0 Å². The van der Waals surface area contributed by atoms with Gasteiger partial charge in [0.25, 0.3) is 0 Å². The Kier molecular flexibility index (Phi) is 3.11. The highest BCUT2D eigenvalue weighted by Crippen LogP contribution is 2.32. The second-order valence-electron chi connectivity index (χ2n) is 6.29. The topological polar surface area (TPSA) is 32.3 Å². The van der Waals surface area contributed by atoms with Gasteiger partial charge in [-0.2, -0.15) is 0 Å². The first-order valence-corrected chi connectivity index (χ1v) is 7.62. The number of anilines is 1. The van der Waals surface area contributed by atoms with Gasteiger partial charge >= 0.3 is 0 Å². The molecule has 0 bridgehead atoms. The van der Waals surface area contributed by atoms with E-state index in [1.54, 1.807) is 0 Å². The standard InChI is InChI=1S/C17H20N4/c1-20-9-14-11-21(12-15(14)10-20)17-8-7-16(18-19-17)13-5-3-2-4-6-13/h2-8,14-15H,9-12H2,1H3/t14-,15-/m0/s1. The molecule has 2 saturated heterocycles. The van der Waals surface area contributed by atoms with Gasteiger partial charge < -0.3 is 9.80 Å². The lowest BCUT2D eigenvalue weighted by atomic mass is 10.0. The smallest absolute Gasteiger partial charge is 0.151 e. The van der Waals surface area contributed by atoms with E-state index in [9.17, 15) is 0 Å². The Morgan fingerprint density at radius 2 is 1.57 bits per heavy atom. The molecule has 4 heteroatoms. The molecule has 3 heterocycles. The van der Waals surface area contributed by atoms with Crippen LogP contribution < -0.4 is 4.90 Å². The van der Waals surface area contributed by atoms with Crippen LogP contribution in [0.1, 0.15) is 0 Å². The summed E-state index contributed by atoms with van der Waals surface area (Å²) in [6.45, 7) is 4.68. The van der Waals surface area contributed by atoms with E-state index < -0.39 is 0 Å². The van der Waals surface area contributed by atoms with Gasteiger partial charge in [-0.05, 0) is 31.0 Å². The Balaban J connectivity index is 1.50. The lowest BCUT2D eigenvalue weighted by molar-refractivity contribution is 0.387. The maximum Gasteiger partial charge on any atom is 0.151 e. The van der Waals surface area contributed by atoms with Crippen LogP contribution in [0, 0.1) is 11.8 Å². The van der Waals surface area contributed by atoms with E-state index in [0.717, 1.165) is 42.0 Å². The highest BCUT2D eigenvalue weighted by Gasteiger charge is 2.39. The summed E-state index contributed by atoms with van der Waals surface area (Å²) in [7, 11) is 2.22. The number of fused-ring (bicyclic) bond motifs is 1. The largest absolute Gasteiger partial charge is 0.354 e. The van der Waals surface area contributed by atoms with Crippen molar-refractivity contribution < 1.29 is 0 Å². The van der Waals surface area contributed by atoms with Crippen LogP contribution in [0.3, 0.4) is 0 Å². The Morgan fingerprint density at radius 1 is 0.857 bits per heavy atom. The third kappa shape index (κ3) is 2.40.